The largest absolute Gasteiger partial charge is 0.394 e. The van der Waals surface area contributed by atoms with Crippen molar-refractivity contribution in [2.75, 3.05) is 26.3 Å². The molecule has 0 radical (unpaired) electrons. The van der Waals surface area contributed by atoms with Crippen LogP contribution in [0.15, 0.2) is 24.3 Å². The van der Waals surface area contributed by atoms with Crippen LogP contribution in [-0.2, 0) is 22.5 Å². The lowest BCUT2D eigenvalue weighted by Gasteiger charge is -2.32. The predicted octanol–water partition coefficient (Wildman–Crippen LogP) is 0.688. The Bertz CT molecular complexity index is 439. The van der Waals surface area contributed by atoms with Gasteiger partial charge >= 0.3 is 0 Å². The molecule has 1 fully saturated rings. The fourth-order valence-electron chi connectivity index (χ4n) is 2.57. The lowest BCUT2D eigenvalue weighted by molar-refractivity contribution is -0.133. The number of ether oxygens (including phenoxy) is 1. The van der Waals surface area contributed by atoms with Crippen molar-refractivity contribution < 1.29 is 14.6 Å². The van der Waals surface area contributed by atoms with E-state index in [1.165, 1.54) is 0 Å². The zero-order valence-corrected chi connectivity index (χ0v) is 12.3. The van der Waals surface area contributed by atoms with E-state index in [0.29, 0.717) is 19.6 Å². The van der Waals surface area contributed by atoms with E-state index in [0.717, 1.165) is 37.1 Å². The topological polar surface area (TPSA) is 75.8 Å². The van der Waals surface area contributed by atoms with Crippen LogP contribution in [0, 0.1) is 0 Å². The summed E-state index contributed by atoms with van der Waals surface area (Å²) in [7, 11) is 0. The first-order valence-electron chi connectivity index (χ1n) is 7.51. The van der Waals surface area contributed by atoms with Gasteiger partial charge in [-0.2, -0.15) is 0 Å². The van der Waals surface area contributed by atoms with E-state index >= 15 is 0 Å². The van der Waals surface area contributed by atoms with Crippen molar-refractivity contribution in [1.82, 2.24) is 4.90 Å². The van der Waals surface area contributed by atoms with Crippen LogP contribution >= 0.6 is 0 Å². The van der Waals surface area contributed by atoms with Crippen molar-refractivity contribution in [2.24, 2.45) is 5.73 Å². The second-order valence-corrected chi connectivity index (χ2v) is 5.37. The van der Waals surface area contributed by atoms with E-state index in [1.807, 2.05) is 29.2 Å². The number of hydrogen-bond donors (Lipinski definition) is 2. The van der Waals surface area contributed by atoms with Crippen LogP contribution in [0.4, 0.5) is 0 Å². The van der Waals surface area contributed by atoms with Gasteiger partial charge < -0.3 is 20.5 Å². The molecule has 0 aromatic heterocycles. The molecule has 3 N–H and O–H groups in total. The molecule has 0 saturated carbocycles. The van der Waals surface area contributed by atoms with Gasteiger partial charge in [0.15, 0.2) is 0 Å². The summed E-state index contributed by atoms with van der Waals surface area (Å²) >= 11 is 0. The van der Waals surface area contributed by atoms with Gasteiger partial charge in [0.25, 0.3) is 0 Å². The third-order valence-corrected chi connectivity index (χ3v) is 3.85. The number of carbonyl (C=O) groups excluding carboxylic acids is 1. The normalized spacial score (nSPS) is 16.2. The summed E-state index contributed by atoms with van der Waals surface area (Å²) in [6.45, 7) is 2.42. The van der Waals surface area contributed by atoms with E-state index in [4.69, 9.17) is 15.6 Å². The predicted molar refractivity (Wildman–Crippen MR) is 80.7 cm³/mol. The third-order valence-electron chi connectivity index (χ3n) is 3.85. The summed E-state index contributed by atoms with van der Waals surface area (Å²) in [6.07, 6.45) is 2.30. The molecule has 116 valence electrons. The number of nitrogens with two attached hydrogens (primary N) is 1. The number of benzene rings is 1. The van der Waals surface area contributed by atoms with E-state index in [2.05, 4.69) is 0 Å². The minimum Gasteiger partial charge on any atom is -0.394 e. The molecule has 1 saturated heterocycles. The molecule has 0 spiro atoms. The molecule has 1 heterocycles. The SMILES string of the molecule is NCc1ccc(CC(=O)N2CCC(OCCO)CC2)cc1. The van der Waals surface area contributed by atoms with Crippen molar-refractivity contribution in [3.8, 4) is 0 Å². The summed E-state index contributed by atoms with van der Waals surface area (Å²) in [5.74, 6) is 0.163. The Hall–Kier alpha value is -1.43. The maximum atomic E-state index is 12.3. The first-order chi connectivity index (χ1) is 10.2. The number of nitrogens with zero attached hydrogens (tertiary/aromatic N) is 1. The minimum atomic E-state index is 0.0535. The van der Waals surface area contributed by atoms with Crippen LogP contribution in [0.2, 0.25) is 0 Å². The summed E-state index contributed by atoms with van der Waals surface area (Å²) in [4.78, 5) is 14.2. The molecule has 5 heteroatoms. The molecule has 0 bridgehead atoms. The number of piperidine rings is 1. The maximum Gasteiger partial charge on any atom is 0.226 e. The molecule has 21 heavy (non-hydrogen) atoms. The summed E-state index contributed by atoms with van der Waals surface area (Å²) < 4.78 is 5.50. The van der Waals surface area contributed by atoms with Gasteiger partial charge in [-0.25, -0.2) is 0 Å². The monoisotopic (exact) mass is 292 g/mol. The minimum absolute atomic E-state index is 0.0535. The highest BCUT2D eigenvalue weighted by atomic mass is 16.5. The standard InChI is InChI=1S/C16H24N2O3/c17-12-14-3-1-13(2-4-14)11-16(20)18-7-5-15(6-8-18)21-10-9-19/h1-4,15,19H,5-12,17H2. The van der Waals surface area contributed by atoms with Crippen molar-refractivity contribution >= 4 is 5.91 Å². The molecule has 5 nitrogen and oxygen atoms in total. The number of hydrogen-bond acceptors (Lipinski definition) is 4. The van der Waals surface area contributed by atoms with Crippen molar-refractivity contribution in [2.45, 2.75) is 31.9 Å². The number of rotatable bonds is 6. The second kappa shape index (κ2) is 8.12. The van der Waals surface area contributed by atoms with Crippen LogP contribution in [-0.4, -0.2) is 48.3 Å². The maximum absolute atomic E-state index is 12.3. The fraction of sp³-hybridized carbons (Fsp3) is 0.562. The second-order valence-electron chi connectivity index (χ2n) is 5.37. The Morgan fingerprint density at radius 3 is 2.43 bits per heavy atom. The van der Waals surface area contributed by atoms with Crippen LogP contribution in [0.5, 0.6) is 0 Å². The summed E-state index contributed by atoms with van der Waals surface area (Å²) in [5.41, 5.74) is 7.66. The van der Waals surface area contributed by atoms with Crippen LogP contribution in [0.3, 0.4) is 0 Å². The van der Waals surface area contributed by atoms with Gasteiger partial charge in [-0.3, -0.25) is 4.79 Å². The van der Waals surface area contributed by atoms with Gasteiger partial charge in [0.1, 0.15) is 0 Å². The summed E-state index contributed by atoms with van der Waals surface area (Å²) in [6, 6.07) is 7.88. The molecule has 2 rings (SSSR count). The first-order valence-corrected chi connectivity index (χ1v) is 7.51. The van der Waals surface area contributed by atoms with E-state index in [1.54, 1.807) is 0 Å². The molecule has 0 unspecified atom stereocenters. The molecule has 0 atom stereocenters. The number of carbonyl (C=O) groups is 1. The number of aliphatic hydroxyl groups excluding tert-OH is 1. The lowest BCUT2D eigenvalue weighted by Crippen LogP contribution is -2.41. The Balaban J connectivity index is 1.78. The van der Waals surface area contributed by atoms with Crippen LogP contribution in [0.25, 0.3) is 0 Å². The quantitative estimate of drug-likeness (QED) is 0.809. The average molecular weight is 292 g/mol. The zero-order valence-electron chi connectivity index (χ0n) is 12.3. The van der Waals surface area contributed by atoms with Gasteiger partial charge in [-0.05, 0) is 24.0 Å². The van der Waals surface area contributed by atoms with Gasteiger partial charge in [0.05, 0.1) is 25.7 Å². The van der Waals surface area contributed by atoms with E-state index in [9.17, 15) is 4.79 Å². The van der Waals surface area contributed by atoms with Crippen molar-refractivity contribution in [1.29, 1.82) is 0 Å². The number of likely N-dealkylation sites (tertiary alicyclic amines) is 1. The lowest BCUT2D eigenvalue weighted by atomic mass is 10.1. The van der Waals surface area contributed by atoms with E-state index < -0.39 is 0 Å². The molecule has 1 aromatic carbocycles. The van der Waals surface area contributed by atoms with Gasteiger partial charge in [-0.1, -0.05) is 24.3 Å². The smallest absolute Gasteiger partial charge is 0.226 e. The fourth-order valence-corrected chi connectivity index (χ4v) is 2.57. The molecule has 0 aliphatic carbocycles. The molecule has 1 amide bonds. The Morgan fingerprint density at radius 1 is 1.24 bits per heavy atom. The first kappa shape index (κ1) is 15.9. The van der Waals surface area contributed by atoms with E-state index in [-0.39, 0.29) is 18.6 Å². The Morgan fingerprint density at radius 2 is 1.86 bits per heavy atom. The summed E-state index contributed by atoms with van der Waals surface area (Å²) in [5, 5.41) is 8.74. The number of amides is 1. The highest BCUT2D eigenvalue weighted by Gasteiger charge is 2.22. The Kier molecular flexibility index (Phi) is 6.17. The van der Waals surface area contributed by atoms with Gasteiger partial charge in [-0.15, -0.1) is 0 Å². The van der Waals surface area contributed by atoms with Crippen molar-refractivity contribution in [3.63, 3.8) is 0 Å². The van der Waals surface area contributed by atoms with Gasteiger partial charge in [0.2, 0.25) is 5.91 Å². The third kappa shape index (κ3) is 4.81. The molecule has 1 aliphatic rings. The highest BCUT2D eigenvalue weighted by molar-refractivity contribution is 5.78. The molecular formula is C16H24N2O3. The molecule has 1 aliphatic heterocycles. The van der Waals surface area contributed by atoms with Crippen molar-refractivity contribution in [3.05, 3.63) is 35.4 Å². The van der Waals surface area contributed by atoms with Gasteiger partial charge in [0, 0.05) is 19.6 Å². The zero-order chi connectivity index (χ0) is 15.1. The number of aliphatic hydroxyl groups is 1. The van der Waals surface area contributed by atoms with Crippen LogP contribution in [0.1, 0.15) is 24.0 Å². The molecular weight excluding hydrogens is 268 g/mol. The Labute approximate surface area is 125 Å². The highest BCUT2D eigenvalue weighted by Crippen LogP contribution is 2.15. The average Bonchev–Trinajstić information content (AvgIpc) is 2.54. The molecule has 1 aromatic rings. The van der Waals surface area contributed by atoms with Crippen LogP contribution < -0.4 is 5.73 Å².